The van der Waals surface area contributed by atoms with Crippen molar-refractivity contribution in [1.29, 1.82) is 0 Å². The van der Waals surface area contributed by atoms with E-state index in [1.54, 1.807) is 0 Å². The maximum atomic E-state index is 12.2. The number of halogens is 3. The zero-order valence-electron chi connectivity index (χ0n) is 14.4. The van der Waals surface area contributed by atoms with Crippen LogP contribution in [0, 0.1) is 0 Å². The third-order valence-electron chi connectivity index (χ3n) is 4.22. The van der Waals surface area contributed by atoms with Crippen molar-refractivity contribution >= 4 is 10.9 Å². The van der Waals surface area contributed by atoms with Gasteiger partial charge >= 0.3 is 6.36 Å². The Bertz CT molecular complexity index is 1090. The Morgan fingerprint density at radius 3 is 2.61 bits per heavy atom. The molecule has 9 heteroatoms. The maximum Gasteiger partial charge on any atom is 0.573 e. The molecule has 2 aromatic heterocycles. The lowest BCUT2D eigenvalue weighted by atomic mass is 10.1. The van der Waals surface area contributed by atoms with Crippen LogP contribution in [0.5, 0.6) is 5.75 Å². The minimum Gasteiger partial charge on any atom is -0.406 e. The van der Waals surface area contributed by atoms with Gasteiger partial charge in [-0.05, 0) is 42.3 Å². The van der Waals surface area contributed by atoms with Crippen LogP contribution < -0.4 is 10.5 Å². The Labute approximate surface area is 157 Å². The predicted octanol–water partition coefficient (Wildman–Crippen LogP) is 4.36. The van der Waals surface area contributed by atoms with E-state index in [1.165, 1.54) is 24.3 Å². The fourth-order valence-electron chi connectivity index (χ4n) is 2.93. The van der Waals surface area contributed by atoms with Crippen molar-refractivity contribution in [2.75, 3.05) is 0 Å². The monoisotopic (exact) mass is 388 g/mol. The zero-order chi connectivity index (χ0) is 19.7. The lowest BCUT2D eigenvalue weighted by molar-refractivity contribution is -0.274. The number of H-pyrrole nitrogens is 1. The number of aromatic amines is 1. The molecule has 144 valence electrons. The first-order valence-electron chi connectivity index (χ1n) is 8.39. The molecule has 28 heavy (non-hydrogen) atoms. The summed E-state index contributed by atoms with van der Waals surface area (Å²) >= 11 is 0. The van der Waals surface area contributed by atoms with Crippen molar-refractivity contribution in [1.82, 2.24) is 15.1 Å². The largest absolute Gasteiger partial charge is 0.573 e. The summed E-state index contributed by atoms with van der Waals surface area (Å²) in [5.41, 5.74) is 8.73. The topological polar surface area (TPSA) is 90.0 Å². The SMILES string of the molecule is N[C@@H](Cc1c[nH]c2ccccc12)c1nc(-c2ccc(OC(F)(F)F)cc2)no1. The summed E-state index contributed by atoms with van der Waals surface area (Å²) in [5.74, 6) is 0.162. The number of alkyl halides is 3. The molecular weight excluding hydrogens is 373 g/mol. The van der Waals surface area contributed by atoms with Gasteiger partial charge in [-0.2, -0.15) is 4.98 Å². The van der Waals surface area contributed by atoms with E-state index in [-0.39, 0.29) is 17.5 Å². The molecule has 0 aliphatic carbocycles. The van der Waals surface area contributed by atoms with Gasteiger partial charge in [0, 0.05) is 22.7 Å². The quantitative estimate of drug-likeness (QED) is 0.530. The van der Waals surface area contributed by atoms with Crippen LogP contribution in [0.1, 0.15) is 17.5 Å². The molecule has 0 aliphatic heterocycles. The van der Waals surface area contributed by atoms with Gasteiger partial charge in [-0.1, -0.05) is 23.4 Å². The van der Waals surface area contributed by atoms with E-state index in [9.17, 15) is 13.2 Å². The predicted molar refractivity (Wildman–Crippen MR) is 95.3 cm³/mol. The molecule has 0 unspecified atom stereocenters. The molecule has 4 rings (SSSR count). The smallest absolute Gasteiger partial charge is 0.406 e. The van der Waals surface area contributed by atoms with Crippen molar-refractivity contribution in [3.05, 3.63) is 66.2 Å². The van der Waals surface area contributed by atoms with Crippen LogP contribution in [0.4, 0.5) is 13.2 Å². The Balaban J connectivity index is 1.49. The van der Waals surface area contributed by atoms with Crippen LogP contribution in [-0.4, -0.2) is 21.5 Å². The Morgan fingerprint density at radius 1 is 1.11 bits per heavy atom. The number of fused-ring (bicyclic) bond motifs is 1. The Morgan fingerprint density at radius 2 is 1.86 bits per heavy atom. The van der Waals surface area contributed by atoms with Crippen LogP contribution >= 0.6 is 0 Å². The van der Waals surface area contributed by atoms with Gasteiger partial charge in [0.15, 0.2) is 0 Å². The molecule has 4 aromatic rings. The summed E-state index contributed by atoms with van der Waals surface area (Å²) in [6.07, 6.45) is -2.36. The lowest BCUT2D eigenvalue weighted by Crippen LogP contribution is -2.16. The number of para-hydroxylation sites is 1. The third kappa shape index (κ3) is 3.84. The van der Waals surface area contributed by atoms with Gasteiger partial charge in [0.1, 0.15) is 5.75 Å². The van der Waals surface area contributed by atoms with Gasteiger partial charge < -0.3 is 20.0 Å². The fourth-order valence-corrected chi connectivity index (χ4v) is 2.93. The molecule has 0 bridgehead atoms. The van der Waals surface area contributed by atoms with Crippen LogP contribution in [-0.2, 0) is 6.42 Å². The molecule has 1 atom stereocenters. The van der Waals surface area contributed by atoms with Gasteiger partial charge in [0.2, 0.25) is 11.7 Å². The average molecular weight is 388 g/mol. The Kier molecular flexibility index (Phi) is 4.52. The minimum absolute atomic E-state index is 0.239. The second kappa shape index (κ2) is 7.01. The molecule has 0 radical (unpaired) electrons. The zero-order valence-corrected chi connectivity index (χ0v) is 14.4. The lowest BCUT2D eigenvalue weighted by Gasteiger charge is -2.08. The van der Waals surface area contributed by atoms with E-state index < -0.39 is 12.4 Å². The highest BCUT2D eigenvalue weighted by molar-refractivity contribution is 5.83. The summed E-state index contributed by atoms with van der Waals surface area (Å²) in [6.45, 7) is 0. The summed E-state index contributed by atoms with van der Waals surface area (Å²) in [5, 5.41) is 4.93. The van der Waals surface area contributed by atoms with Crippen molar-refractivity contribution in [2.24, 2.45) is 5.73 Å². The molecule has 0 amide bonds. The highest BCUT2D eigenvalue weighted by atomic mass is 19.4. The van der Waals surface area contributed by atoms with Crippen LogP contribution in [0.2, 0.25) is 0 Å². The van der Waals surface area contributed by atoms with E-state index in [2.05, 4.69) is 19.9 Å². The van der Waals surface area contributed by atoms with Crippen LogP contribution in [0.3, 0.4) is 0 Å². The molecule has 0 aliphatic rings. The molecule has 0 saturated carbocycles. The van der Waals surface area contributed by atoms with Gasteiger partial charge in [-0.25, -0.2) is 0 Å². The number of rotatable bonds is 5. The summed E-state index contributed by atoms with van der Waals surface area (Å²) in [6, 6.07) is 12.5. The van der Waals surface area contributed by atoms with Crippen molar-refractivity contribution in [2.45, 2.75) is 18.8 Å². The summed E-state index contributed by atoms with van der Waals surface area (Å²) < 4.78 is 45.8. The number of nitrogens with two attached hydrogens (primary N) is 1. The number of aromatic nitrogens is 3. The molecular formula is C19H15F3N4O2. The van der Waals surface area contributed by atoms with Crippen LogP contribution in [0.15, 0.2) is 59.3 Å². The number of hydrogen-bond acceptors (Lipinski definition) is 5. The van der Waals surface area contributed by atoms with E-state index >= 15 is 0 Å². The average Bonchev–Trinajstić information content (AvgIpc) is 3.29. The van der Waals surface area contributed by atoms with Crippen molar-refractivity contribution in [3.8, 4) is 17.1 Å². The van der Waals surface area contributed by atoms with E-state index in [0.29, 0.717) is 12.0 Å². The number of nitrogens with one attached hydrogen (secondary N) is 1. The number of benzene rings is 2. The molecule has 0 spiro atoms. The highest BCUT2D eigenvalue weighted by Crippen LogP contribution is 2.27. The van der Waals surface area contributed by atoms with Gasteiger partial charge in [-0.15, -0.1) is 13.2 Å². The standard InChI is InChI=1S/C19H15F3N4O2/c20-19(21,22)27-13-7-5-11(6-8-13)17-25-18(28-26-17)15(23)9-12-10-24-16-4-2-1-3-14(12)16/h1-8,10,15,24H,9,23H2/t15-/m0/s1. The first-order chi connectivity index (χ1) is 13.4. The molecule has 6 nitrogen and oxygen atoms in total. The van der Waals surface area contributed by atoms with Crippen LogP contribution in [0.25, 0.3) is 22.3 Å². The molecule has 0 fully saturated rings. The second-order valence-electron chi connectivity index (χ2n) is 6.20. The normalized spacial score (nSPS) is 13.0. The second-order valence-corrected chi connectivity index (χ2v) is 6.20. The molecule has 2 aromatic carbocycles. The molecule has 3 N–H and O–H groups in total. The molecule has 2 heterocycles. The number of ether oxygens (including phenoxy) is 1. The van der Waals surface area contributed by atoms with Crippen molar-refractivity contribution in [3.63, 3.8) is 0 Å². The first kappa shape index (κ1) is 18.1. The number of nitrogens with zero attached hydrogens (tertiary/aromatic N) is 2. The summed E-state index contributed by atoms with van der Waals surface area (Å²) in [7, 11) is 0. The molecule has 0 saturated heterocycles. The van der Waals surface area contributed by atoms with Gasteiger partial charge in [0.05, 0.1) is 6.04 Å². The first-order valence-corrected chi connectivity index (χ1v) is 8.39. The maximum absolute atomic E-state index is 12.2. The third-order valence-corrected chi connectivity index (χ3v) is 4.22. The van der Waals surface area contributed by atoms with Crippen molar-refractivity contribution < 1.29 is 22.4 Å². The Hall–Kier alpha value is -3.33. The van der Waals surface area contributed by atoms with Gasteiger partial charge in [0.25, 0.3) is 0 Å². The summed E-state index contributed by atoms with van der Waals surface area (Å²) in [4.78, 5) is 7.45. The fraction of sp³-hybridized carbons (Fsp3) is 0.158. The minimum atomic E-state index is -4.74. The van der Waals surface area contributed by atoms with E-state index in [1.807, 2.05) is 30.5 Å². The highest BCUT2D eigenvalue weighted by Gasteiger charge is 2.31. The van der Waals surface area contributed by atoms with E-state index in [0.717, 1.165) is 16.5 Å². The van der Waals surface area contributed by atoms with E-state index in [4.69, 9.17) is 10.3 Å². The van der Waals surface area contributed by atoms with Gasteiger partial charge in [-0.3, -0.25) is 0 Å². The number of hydrogen-bond donors (Lipinski definition) is 2.